The summed E-state index contributed by atoms with van der Waals surface area (Å²) in [5.74, 6) is 1.24. The average Bonchev–Trinajstić information content (AvgIpc) is 2.68. The van der Waals surface area contributed by atoms with Gasteiger partial charge in [-0.2, -0.15) is 4.57 Å². The number of hydrogen-bond donors (Lipinski definition) is 0. The first-order chi connectivity index (χ1) is 14.4. The van der Waals surface area contributed by atoms with Gasteiger partial charge < -0.3 is 13.6 Å². The number of rotatable bonds is 6. The number of phosphoric ester groups is 1. The minimum atomic E-state index is -4.00. The molecule has 0 atom stereocenters. The first-order valence-electron chi connectivity index (χ1n) is 10.4. The standard InChI is InChI=1S/C26H31O4P/c1-25(2,3)20-12-16-23(17-13-20)29-31(27,28-22-10-8-7-9-11-22)30-24-18-14-21(15-19-24)26(4,5)6/h7-19H,1-6H3. The Morgan fingerprint density at radius 3 is 1.16 bits per heavy atom. The highest BCUT2D eigenvalue weighted by molar-refractivity contribution is 7.49. The molecule has 3 aromatic rings. The van der Waals surface area contributed by atoms with Crippen molar-refractivity contribution in [1.29, 1.82) is 0 Å². The second-order valence-electron chi connectivity index (χ2n) is 9.58. The number of para-hydroxylation sites is 1. The smallest absolute Gasteiger partial charge is 0.386 e. The summed E-state index contributed by atoms with van der Waals surface area (Å²) in [6.45, 7) is 12.8. The molecular weight excluding hydrogens is 407 g/mol. The molecule has 0 unspecified atom stereocenters. The number of phosphoric acid groups is 1. The van der Waals surface area contributed by atoms with Crippen LogP contribution in [0.2, 0.25) is 0 Å². The molecule has 0 saturated carbocycles. The number of benzene rings is 3. The van der Waals surface area contributed by atoms with Crippen LogP contribution in [0.25, 0.3) is 0 Å². The van der Waals surface area contributed by atoms with E-state index in [1.165, 1.54) is 0 Å². The normalized spacial score (nSPS) is 12.3. The van der Waals surface area contributed by atoms with E-state index in [4.69, 9.17) is 13.6 Å². The van der Waals surface area contributed by atoms with Crippen molar-refractivity contribution < 1.29 is 18.1 Å². The molecule has 31 heavy (non-hydrogen) atoms. The van der Waals surface area contributed by atoms with Gasteiger partial charge in [-0.3, -0.25) is 0 Å². The van der Waals surface area contributed by atoms with Gasteiger partial charge in [-0.05, 0) is 58.4 Å². The Balaban J connectivity index is 1.87. The van der Waals surface area contributed by atoms with Crippen LogP contribution in [0, 0.1) is 0 Å². The first-order valence-corrected chi connectivity index (χ1v) is 11.9. The van der Waals surface area contributed by atoms with Crippen LogP contribution in [-0.4, -0.2) is 0 Å². The van der Waals surface area contributed by atoms with Crippen molar-refractivity contribution in [3.8, 4) is 17.2 Å². The second kappa shape index (κ2) is 8.80. The van der Waals surface area contributed by atoms with Crippen molar-refractivity contribution in [2.24, 2.45) is 0 Å². The van der Waals surface area contributed by atoms with Gasteiger partial charge in [0.15, 0.2) is 0 Å². The Kier molecular flexibility index (Phi) is 6.52. The summed E-state index contributed by atoms with van der Waals surface area (Å²) < 4.78 is 30.9. The molecular formula is C26H31O4P. The molecule has 0 N–H and O–H groups in total. The fourth-order valence-electron chi connectivity index (χ4n) is 2.96. The van der Waals surface area contributed by atoms with E-state index in [0.29, 0.717) is 17.2 Å². The highest BCUT2D eigenvalue weighted by Gasteiger charge is 2.33. The lowest BCUT2D eigenvalue weighted by molar-refractivity contribution is 0.298. The van der Waals surface area contributed by atoms with E-state index in [-0.39, 0.29) is 10.8 Å². The lowest BCUT2D eigenvalue weighted by Gasteiger charge is -2.22. The van der Waals surface area contributed by atoms with Gasteiger partial charge in [-0.1, -0.05) is 84.0 Å². The predicted octanol–water partition coefficient (Wildman–Crippen LogP) is 7.93. The molecule has 0 radical (unpaired) electrons. The monoisotopic (exact) mass is 438 g/mol. The third-order valence-electron chi connectivity index (χ3n) is 4.84. The van der Waals surface area contributed by atoms with Crippen molar-refractivity contribution in [1.82, 2.24) is 0 Å². The Hall–Kier alpha value is -2.71. The molecule has 0 spiro atoms. The summed E-state index contributed by atoms with van der Waals surface area (Å²) in [7, 11) is -4.00. The molecule has 164 valence electrons. The second-order valence-corrected chi connectivity index (χ2v) is 11.0. The minimum Gasteiger partial charge on any atom is -0.386 e. The molecule has 0 saturated heterocycles. The van der Waals surface area contributed by atoms with Crippen LogP contribution in [0.4, 0.5) is 0 Å². The first kappa shape index (κ1) is 23.0. The molecule has 0 heterocycles. The zero-order valence-electron chi connectivity index (χ0n) is 19.1. The van der Waals surface area contributed by atoms with Crippen LogP contribution >= 0.6 is 7.82 Å². The molecule has 4 nitrogen and oxygen atoms in total. The van der Waals surface area contributed by atoms with E-state index < -0.39 is 7.82 Å². The molecule has 0 aliphatic rings. The van der Waals surface area contributed by atoms with Gasteiger partial charge in [0, 0.05) is 0 Å². The van der Waals surface area contributed by atoms with Crippen molar-refractivity contribution in [3.63, 3.8) is 0 Å². The molecule has 3 aromatic carbocycles. The quantitative estimate of drug-likeness (QED) is 0.367. The minimum absolute atomic E-state index is 0.00800. The SMILES string of the molecule is CC(C)(C)c1ccc(OP(=O)(Oc2ccccc2)Oc2ccc(C(C)(C)C)cc2)cc1. The summed E-state index contributed by atoms with van der Waals surface area (Å²) in [5, 5.41) is 0. The summed E-state index contributed by atoms with van der Waals surface area (Å²) in [6, 6.07) is 23.9. The highest BCUT2D eigenvalue weighted by atomic mass is 31.2. The Bertz CT molecular complexity index is 965. The molecule has 0 aliphatic carbocycles. The summed E-state index contributed by atoms with van der Waals surface area (Å²) >= 11 is 0. The fraction of sp³-hybridized carbons (Fsp3) is 0.308. The summed E-state index contributed by atoms with van der Waals surface area (Å²) in [4.78, 5) is 0. The van der Waals surface area contributed by atoms with E-state index in [0.717, 1.165) is 11.1 Å². The maximum atomic E-state index is 13.6. The number of hydrogen-bond acceptors (Lipinski definition) is 4. The van der Waals surface area contributed by atoms with Crippen LogP contribution in [-0.2, 0) is 15.4 Å². The van der Waals surface area contributed by atoms with E-state index in [1.54, 1.807) is 48.5 Å². The Labute approximate surface area is 185 Å². The summed E-state index contributed by atoms with van der Waals surface area (Å²) in [6.07, 6.45) is 0. The molecule has 0 amide bonds. The fourth-order valence-corrected chi connectivity index (χ4v) is 4.21. The molecule has 0 aromatic heterocycles. The van der Waals surface area contributed by atoms with Crippen LogP contribution < -0.4 is 13.6 Å². The molecule has 3 rings (SSSR count). The van der Waals surface area contributed by atoms with E-state index in [9.17, 15) is 4.57 Å². The topological polar surface area (TPSA) is 44.8 Å². The van der Waals surface area contributed by atoms with E-state index in [1.807, 2.05) is 30.3 Å². The van der Waals surface area contributed by atoms with Gasteiger partial charge in [-0.15, -0.1) is 0 Å². The van der Waals surface area contributed by atoms with Gasteiger partial charge in [0.25, 0.3) is 0 Å². The Morgan fingerprint density at radius 1 is 0.516 bits per heavy atom. The van der Waals surface area contributed by atoms with Gasteiger partial charge in [0.1, 0.15) is 17.2 Å². The van der Waals surface area contributed by atoms with Crippen LogP contribution in [0.3, 0.4) is 0 Å². The van der Waals surface area contributed by atoms with E-state index >= 15 is 0 Å². The third-order valence-corrected chi connectivity index (χ3v) is 6.14. The van der Waals surface area contributed by atoms with Crippen molar-refractivity contribution in [2.75, 3.05) is 0 Å². The molecule has 0 bridgehead atoms. The average molecular weight is 439 g/mol. The van der Waals surface area contributed by atoms with E-state index in [2.05, 4.69) is 41.5 Å². The van der Waals surface area contributed by atoms with Crippen molar-refractivity contribution >= 4 is 7.82 Å². The molecule has 5 heteroatoms. The third kappa shape index (κ3) is 6.38. The van der Waals surface area contributed by atoms with Crippen molar-refractivity contribution in [2.45, 2.75) is 52.4 Å². The zero-order valence-corrected chi connectivity index (χ0v) is 20.0. The largest absolute Gasteiger partial charge is 0.647 e. The van der Waals surface area contributed by atoms with Crippen molar-refractivity contribution in [3.05, 3.63) is 90.0 Å². The van der Waals surface area contributed by atoms with Crippen LogP contribution in [0.1, 0.15) is 52.7 Å². The maximum Gasteiger partial charge on any atom is 0.647 e. The lowest BCUT2D eigenvalue weighted by Crippen LogP contribution is -2.12. The Morgan fingerprint density at radius 2 is 0.839 bits per heavy atom. The zero-order chi connectivity index (χ0) is 22.7. The van der Waals surface area contributed by atoms with Gasteiger partial charge >= 0.3 is 7.82 Å². The van der Waals surface area contributed by atoms with Crippen LogP contribution in [0.15, 0.2) is 78.9 Å². The maximum absolute atomic E-state index is 13.6. The lowest BCUT2D eigenvalue weighted by atomic mass is 9.87. The van der Waals surface area contributed by atoms with Gasteiger partial charge in [0.05, 0.1) is 0 Å². The predicted molar refractivity (Wildman–Crippen MR) is 126 cm³/mol. The molecule has 0 aliphatic heterocycles. The van der Waals surface area contributed by atoms with Gasteiger partial charge in [-0.25, -0.2) is 0 Å². The van der Waals surface area contributed by atoms with Crippen LogP contribution in [0.5, 0.6) is 17.2 Å². The highest BCUT2D eigenvalue weighted by Crippen LogP contribution is 2.50. The summed E-state index contributed by atoms with van der Waals surface area (Å²) in [5.41, 5.74) is 2.32. The van der Waals surface area contributed by atoms with Gasteiger partial charge in [0.2, 0.25) is 0 Å². The molecule has 0 fully saturated rings.